The normalized spacial score (nSPS) is 10.4. The van der Waals surface area contributed by atoms with Crippen molar-refractivity contribution in [2.45, 2.75) is 19.3 Å². The molecule has 27 heavy (non-hydrogen) atoms. The molecular weight excluding hydrogens is 338 g/mol. The average Bonchev–Trinajstić information content (AvgIpc) is 2.68. The molecule has 1 amide bonds. The molecule has 136 valence electrons. The van der Waals surface area contributed by atoms with Gasteiger partial charge in [0, 0.05) is 17.7 Å². The van der Waals surface area contributed by atoms with Gasteiger partial charge in [-0.3, -0.25) is 9.59 Å². The van der Waals surface area contributed by atoms with E-state index in [0.717, 1.165) is 16.7 Å². The zero-order chi connectivity index (χ0) is 19.1. The van der Waals surface area contributed by atoms with E-state index in [1.165, 1.54) is 0 Å². The number of carbonyl (C=O) groups is 2. The molecule has 0 aromatic heterocycles. The van der Waals surface area contributed by atoms with Crippen LogP contribution in [0.25, 0.3) is 0 Å². The summed E-state index contributed by atoms with van der Waals surface area (Å²) < 4.78 is 0. The van der Waals surface area contributed by atoms with Crippen molar-refractivity contribution in [3.8, 4) is 0 Å². The number of nitrogens with one attached hydrogen (secondary N) is 1. The van der Waals surface area contributed by atoms with Gasteiger partial charge in [0.25, 0.3) is 5.91 Å². The van der Waals surface area contributed by atoms with Crippen LogP contribution in [0.4, 0.5) is 5.69 Å². The van der Waals surface area contributed by atoms with Gasteiger partial charge in [-0.1, -0.05) is 60.7 Å². The first-order valence-corrected chi connectivity index (χ1v) is 8.86. The number of hydrogen-bond acceptors (Lipinski definition) is 2. The second-order valence-corrected chi connectivity index (χ2v) is 6.36. The number of carboxylic acids is 1. The smallest absolute Gasteiger partial charge is 0.303 e. The molecule has 0 fully saturated rings. The van der Waals surface area contributed by atoms with E-state index in [1.54, 1.807) is 12.1 Å². The quantitative estimate of drug-likeness (QED) is 0.650. The molecule has 3 aromatic rings. The molecule has 0 bridgehead atoms. The van der Waals surface area contributed by atoms with E-state index in [9.17, 15) is 9.59 Å². The van der Waals surface area contributed by atoms with Gasteiger partial charge in [-0.25, -0.2) is 0 Å². The number of benzene rings is 3. The lowest BCUT2D eigenvalue weighted by molar-refractivity contribution is -0.136. The van der Waals surface area contributed by atoms with Crippen LogP contribution in [0, 0.1) is 0 Å². The molecule has 0 heterocycles. The molecule has 0 unspecified atom stereocenters. The Morgan fingerprint density at radius 3 is 2.15 bits per heavy atom. The van der Waals surface area contributed by atoms with E-state index in [2.05, 4.69) is 5.32 Å². The summed E-state index contributed by atoms with van der Waals surface area (Å²) in [5.74, 6) is -0.970. The summed E-state index contributed by atoms with van der Waals surface area (Å²) in [6.45, 7) is 0. The van der Waals surface area contributed by atoms with E-state index in [0.29, 0.717) is 24.1 Å². The van der Waals surface area contributed by atoms with Crippen molar-refractivity contribution >= 4 is 17.6 Å². The van der Waals surface area contributed by atoms with E-state index in [-0.39, 0.29) is 12.3 Å². The zero-order valence-corrected chi connectivity index (χ0v) is 14.9. The monoisotopic (exact) mass is 359 g/mol. The van der Waals surface area contributed by atoms with Gasteiger partial charge in [0.15, 0.2) is 0 Å². The number of aliphatic carboxylic acids is 1. The average molecular weight is 359 g/mol. The predicted octanol–water partition coefficient (Wildman–Crippen LogP) is 4.55. The molecule has 4 heteroatoms. The molecule has 0 saturated heterocycles. The van der Waals surface area contributed by atoms with Gasteiger partial charge in [0.2, 0.25) is 0 Å². The largest absolute Gasteiger partial charge is 0.481 e. The fraction of sp³-hybridized carbons (Fsp3) is 0.130. The van der Waals surface area contributed by atoms with Crippen LogP contribution in [0.3, 0.4) is 0 Å². The van der Waals surface area contributed by atoms with Crippen LogP contribution in [-0.4, -0.2) is 17.0 Å². The number of anilines is 1. The van der Waals surface area contributed by atoms with Crippen molar-refractivity contribution in [3.05, 3.63) is 101 Å². The topological polar surface area (TPSA) is 66.4 Å². The molecule has 0 saturated carbocycles. The Hall–Kier alpha value is -3.40. The summed E-state index contributed by atoms with van der Waals surface area (Å²) in [4.78, 5) is 23.4. The predicted molar refractivity (Wildman–Crippen MR) is 106 cm³/mol. The highest BCUT2D eigenvalue weighted by Crippen LogP contribution is 2.17. The lowest BCUT2D eigenvalue weighted by Gasteiger charge is -2.11. The van der Waals surface area contributed by atoms with Crippen molar-refractivity contribution in [3.63, 3.8) is 0 Å². The Morgan fingerprint density at radius 1 is 0.778 bits per heavy atom. The van der Waals surface area contributed by atoms with Gasteiger partial charge < -0.3 is 10.4 Å². The molecular formula is C23H21NO3. The first-order valence-electron chi connectivity index (χ1n) is 8.86. The highest BCUT2D eigenvalue weighted by molar-refractivity contribution is 6.05. The van der Waals surface area contributed by atoms with Crippen molar-refractivity contribution in [2.24, 2.45) is 0 Å². The molecule has 0 aliphatic carbocycles. The number of rotatable bonds is 7. The minimum Gasteiger partial charge on any atom is -0.481 e. The molecule has 0 aliphatic heterocycles. The second kappa shape index (κ2) is 8.81. The summed E-state index contributed by atoms with van der Waals surface area (Å²) in [5, 5.41) is 11.7. The van der Waals surface area contributed by atoms with Crippen LogP contribution in [0.1, 0.15) is 33.5 Å². The Kier molecular flexibility index (Phi) is 6.00. The van der Waals surface area contributed by atoms with Gasteiger partial charge >= 0.3 is 5.97 Å². The van der Waals surface area contributed by atoms with Crippen molar-refractivity contribution in [2.75, 3.05) is 5.32 Å². The molecule has 0 atom stereocenters. The molecule has 3 aromatic carbocycles. The highest BCUT2D eigenvalue weighted by Gasteiger charge is 2.11. The summed E-state index contributed by atoms with van der Waals surface area (Å²) in [6.07, 6.45) is 1.26. The number of aryl methyl sites for hydroxylation is 1. The fourth-order valence-corrected chi connectivity index (χ4v) is 2.92. The number of amides is 1. The molecule has 2 N–H and O–H groups in total. The zero-order valence-electron chi connectivity index (χ0n) is 14.9. The Morgan fingerprint density at radius 2 is 1.44 bits per heavy atom. The Balaban J connectivity index is 1.70. The second-order valence-electron chi connectivity index (χ2n) is 6.36. The van der Waals surface area contributed by atoms with Gasteiger partial charge in [0.1, 0.15) is 0 Å². The standard InChI is InChI=1S/C23H21NO3/c25-22(26)15-12-17-10-13-20(14-11-17)24-23(27)21-9-5-4-8-19(21)16-18-6-2-1-3-7-18/h1-11,13-14H,12,15-16H2,(H,24,27)(H,25,26). The van der Waals surface area contributed by atoms with Crippen LogP contribution < -0.4 is 5.32 Å². The number of carbonyl (C=O) groups excluding carboxylic acids is 1. The summed E-state index contributed by atoms with van der Waals surface area (Å²) >= 11 is 0. The molecule has 4 nitrogen and oxygen atoms in total. The maximum Gasteiger partial charge on any atom is 0.303 e. The summed E-state index contributed by atoms with van der Waals surface area (Å²) in [6, 6.07) is 24.9. The SMILES string of the molecule is O=C(O)CCc1ccc(NC(=O)c2ccccc2Cc2ccccc2)cc1. The first-order chi connectivity index (χ1) is 13.1. The van der Waals surface area contributed by atoms with Crippen molar-refractivity contribution in [1.82, 2.24) is 0 Å². The van der Waals surface area contributed by atoms with Crippen LogP contribution in [0.15, 0.2) is 78.9 Å². The van der Waals surface area contributed by atoms with Gasteiger partial charge in [0.05, 0.1) is 0 Å². The third-order valence-corrected chi connectivity index (χ3v) is 4.34. The van der Waals surface area contributed by atoms with Crippen molar-refractivity contribution < 1.29 is 14.7 Å². The molecule has 0 spiro atoms. The van der Waals surface area contributed by atoms with Gasteiger partial charge in [-0.2, -0.15) is 0 Å². The summed E-state index contributed by atoms with van der Waals surface area (Å²) in [5.41, 5.74) is 4.39. The lowest BCUT2D eigenvalue weighted by Crippen LogP contribution is -2.14. The lowest BCUT2D eigenvalue weighted by atomic mass is 9.99. The Labute approximate surface area is 158 Å². The van der Waals surface area contributed by atoms with Gasteiger partial charge in [-0.05, 0) is 47.7 Å². The van der Waals surface area contributed by atoms with Crippen LogP contribution in [-0.2, 0) is 17.6 Å². The summed E-state index contributed by atoms with van der Waals surface area (Å²) in [7, 11) is 0. The van der Waals surface area contributed by atoms with Crippen LogP contribution in [0.5, 0.6) is 0 Å². The number of hydrogen-bond donors (Lipinski definition) is 2. The molecule has 0 aliphatic rings. The van der Waals surface area contributed by atoms with E-state index >= 15 is 0 Å². The fourth-order valence-electron chi connectivity index (χ4n) is 2.92. The third-order valence-electron chi connectivity index (χ3n) is 4.34. The van der Waals surface area contributed by atoms with Crippen LogP contribution in [0.2, 0.25) is 0 Å². The number of carboxylic acid groups (broad SMARTS) is 1. The van der Waals surface area contributed by atoms with Gasteiger partial charge in [-0.15, -0.1) is 0 Å². The minimum absolute atomic E-state index is 0.0958. The maximum atomic E-state index is 12.7. The minimum atomic E-state index is -0.817. The molecule has 0 radical (unpaired) electrons. The Bertz CT molecular complexity index is 918. The van der Waals surface area contributed by atoms with Crippen LogP contribution >= 0.6 is 0 Å². The van der Waals surface area contributed by atoms with Crippen molar-refractivity contribution in [1.29, 1.82) is 0 Å². The molecule has 3 rings (SSSR count). The van der Waals surface area contributed by atoms with E-state index in [1.807, 2.05) is 66.7 Å². The maximum absolute atomic E-state index is 12.7. The van der Waals surface area contributed by atoms with E-state index < -0.39 is 5.97 Å². The van der Waals surface area contributed by atoms with E-state index in [4.69, 9.17) is 5.11 Å². The third kappa shape index (κ3) is 5.28. The highest BCUT2D eigenvalue weighted by atomic mass is 16.4. The first kappa shape index (κ1) is 18.4.